The molecule has 40 heavy (non-hydrogen) atoms. The Balaban J connectivity index is 1.26. The number of nitrogens with one attached hydrogen (secondary N) is 3. The van der Waals surface area contributed by atoms with E-state index in [1.807, 2.05) is 12.1 Å². The Labute approximate surface area is 233 Å². The zero-order valence-electron chi connectivity index (χ0n) is 21.3. The van der Waals surface area contributed by atoms with Crippen molar-refractivity contribution in [3.05, 3.63) is 70.2 Å². The Morgan fingerprint density at radius 1 is 1.05 bits per heavy atom. The van der Waals surface area contributed by atoms with Crippen molar-refractivity contribution in [3.63, 3.8) is 0 Å². The molecule has 1 aromatic carbocycles. The molecule has 0 saturated carbocycles. The molecule has 210 valence electrons. The predicted octanol–water partition coefficient (Wildman–Crippen LogP) is 3.70. The lowest BCUT2D eigenvalue weighted by molar-refractivity contribution is 0.237. The number of hydrogen-bond acceptors (Lipinski definition) is 9. The molecule has 4 N–H and O–H groups in total. The Morgan fingerprint density at radius 3 is 2.52 bits per heavy atom. The summed E-state index contributed by atoms with van der Waals surface area (Å²) in [7, 11) is -4.24. The number of halogens is 1. The van der Waals surface area contributed by atoms with Crippen molar-refractivity contribution >= 4 is 49.5 Å². The van der Waals surface area contributed by atoms with Gasteiger partial charge in [0.1, 0.15) is 10.0 Å². The third-order valence-corrected chi connectivity index (χ3v) is 9.18. The highest BCUT2D eigenvalue weighted by Crippen LogP contribution is 2.27. The van der Waals surface area contributed by atoms with Gasteiger partial charge in [-0.15, -0.1) is 0 Å². The highest BCUT2D eigenvalue weighted by Gasteiger charge is 2.20. The second-order valence-electron chi connectivity index (χ2n) is 9.30. The average Bonchev–Trinajstić information content (AvgIpc) is 3.37. The number of thiophene rings is 1. The molecule has 2 amide bonds. The number of urea groups is 1. The van der Waals surface area contributed by atoms with Gasteiger partial charge in [0.05, 0.1) is 11.9 Å². The molecule has 0 unspecified atom stereocenters. The number of aromatic nitrogens is 2. The Kier molecular flexibility index (Phi) is 8.00. The van der Waals surface area contributed by atoms with Crippen LogP contribution >= 0.6 is 11.3 Å². The maximum Gasteiger partial charge on any atom is 0.333 e. The second-order valence-corrected chi connectivity index (χ2v) is 12.2. The monoisotopic (exact) mass is 586 g/mol. The molecule has 0 bridgehead atoms. The number of nitrogens with zero attached hydrogens (tertiary/aromatic N) is 3. The summed E-state index contributed by atoms with van der Waals surface area (Å²) in [6, 6.07) is 10.5. The van der Waals surface area contributed by atoms with E-state index in [2.05, 4.69) is 20.5 Å². The Hall–Kier alpha value is -4.01. The van der Waals surface area contributed by atoms with Crippen LogP contribution in [0.5, 0.6) is 5.88 Å². The van der Waals surface area contributed by atoms with Crippen LogP contribution < -0.4 is 20.9 Å². The molecule has 0 atom stereocenters. The number of amides is 2. The van der Waals surface area contributed by atoms with E-state index in [1.165, 1.54) is 43.7 Å². The summed E-state index contributed by atoms with van der Waals surface area (Å²) in [5.41, 5.74) is 0.470. The predicted molar refractivity (Wildman–Crippen MR) is 151 cm³/mol. The van der Waals surface area contributed by atoms with Crippen molar-refractivity contribution in [3.8, 4) is 11.7 Å². The molecule has 1 aliphatic heterocycles. The molecule has 0 radical (unpaired) electrons. The molecule has 0 spiro atoms. The van der Waals surface area contributed by atoms with E-state index in [9.17, 15) is 27.5 Å². The number of hydrogen-bond donors (Lipinski definition) is 4. The quantitative estimate of drug-likeness (QED) is 0.245. The van der Waals surface area contributed by atoms with E-state index in [0.717, 1.165) is 48.6 Å². The number of pyridine rings is 2. The van der Waals surface area contributed by atoms with Gasteiger partial charge in [-0.2, -0.15) is 4.39 Å². The number of carbonyl (C=O) groups is 1. The van der Waals surface area contributed by atoms with Gasteiger partial charge < -0.3 is 20.6 Å². The summed E-state index contributed by atoms with van der Waals surface area (Å²) in [6.07, 6.45) is 4.96. The zero-order chi connectivity index (χ0) is 28.3. The first-order valence-corrected chi connectivity index (χ1v) is 14.9. The van der Waals surface area contributed by atoms with Gasteiger partial charge in [0, 0.05) is 30.2 Å². The molecule has 1 fully saturated rings. The molecule has 3 aromatic heterocycles. The van der Waals surface area contributed by atoms with Crippen LogP contribution in [0.25, 0.3) is 16.6 Å². The smallest absolute Gasteiger partial charge is 0.333 e. The first kappa shape index (κ1) is 27.6. The van der Waals surface area contributed by atoms with Crippen LogP contribution in [0.2, 0.25) is 0 Å². The molecule has 4 heterocycles. The molecule has 0 aliphatic carbocycles. The largest absolute Gasteiger partial charge is 0.494 e. The maximum atomic E-state index is 13.2. The minimum Gasteiger partial charge on any atom is -0.494 e. The van der Waals surface area contributed by atoms with Gasteiger partial charge >= 0.3 is 6.03 Å². The van der Waals surface area contributed by atoms with Gasteiger partial charge in [0.15, 0.2) is 5.13 Å². The number of benzene rings is 1. The molecular weight excluding hydrogens is 559 g/mol. The van der Waals surface area contributed by atoms with Crippen molar-refractivity contribution in [2.75, 3.05) is 36.8 Å². The Bertz CT molecular complexity index is 1700. The molecule has 1 saturated heterocycles. The fraction of sp³-hybridized carbons (Fsp3) is 0.269. The van der Waals surface area contributed by atoms with Gasteiger partial charge in [-0.25, -0.2) is 27.5 Å². The summed E-state index contributed by atoms with van der Waals surface area (Å²) in [4.78, 5) is 31.6. The van der Waals surface area contributed by atoms with Crippen LogP contribution in [-0.4, -0.2) is 60.2 Å². The fourth-order valence-corrected chi connectivity index (χ4v) is 6.45. The van der Waals surface area contributed by atoms with Crippen molar-refractivity contribution < 1.29 is 22.7 Å². The van der Waals surface area contributed by atoms with Crippen molar-refractivity contribution in [2.45, 2.75) is 23.5 Å². The number of likely N-dealkylation sites (tertiary alicyclic amines) is 1. The lowest BCUT2D eigenvalue weighted by atomic mass is 10.1. The normalized spacial score (nSPS) is 14.2. The zero-order valence-corrected chi connectivity index (χ0v) is 22.9. The van der Waals surface area contributed by atoms with Crippen molar-refractivity contribution in [1.82, 2.24) is 19.2 Å². The van der Waals surface area contributed by atoms with E-state index < -0.39 is 26.7 Å². The first-order valence-electron chi connectivity index (χ1n) is 12.6. The number of piperidine rings is 1. The average molecular weight is 587 g/mol. The third kappa shape index (κ3) is 6.24. The van der Waals surface area contributed by atoms with E-state index in [-0.39, 0.29) is 21.6 Å². The SMILES string of the molecule is O=C(Nc1ccc(-n2c(O)c3ccc(NCCN4CCCCC4)cc3cc2=O)nc1)NS(=O)(=O)c1ccc(F)s1. The topological polar surface area (TPSA) is 146 Å². The first-order chi connectivity index (χ1) is 19.2. The van der Waals surface area contributed by atoms with Crippen LogP contribution in [0.4, 0.5) is 20.6 Å². The van der Waals surface area contributed by atoms with Gasteiger partial charge in [-0.1, -0.05) is 17.8 Å². The molecule has 5 rings (SSSR count). The van der Waals surface area contributed by atoms with Gasteiger partial charge in [0.25, 0.3) is 15.6 Å². The van der Waals surface area contributed by atoms with Crippen LogP contribution in [0.3, 0.4) is 0 Å². The number of anilines is 2. The van der Waals surface area contributed by atoms with Crippen molar-refractivity contribution in [2.24, 2.45) is 0 Å². The molecular formula is C26H27FN6O5S2. The summed E-state index contributed by atoms with van der Waals surface area (Å²) < 4.78 is 40.0. The fourth-order valence-electron chi connectivity index (χ4n) is 4.54. The minimum absolute atomic E-state index is 0.0979. The van der Waals surface area contributed by atoms with E-state index in [1.54, 1.807) is 10.8 Å². The summed E-state index contributed by atoms with van der Waals surface area (Å²) in [5.74, 6) is -0.191. The molecule has 1 aliphatic rings. The minimum atomic E-state index is -4.24. The van der Waals surface area contributed by atoms with E-state index in [4.69, 9.17) is 0 Å². The molecule has 11 nitrogen and oxygen atoms in total. The summed E-state index contributed by atoms with van der Waals surface area (Å²) in [5, 5.41) is 16.9. The van der Waals surface area contributed by atoms with Crippen molar-refractivity contribution in [1.29, 1.82) is 0 Å². The van der Waals surface area contributed by atoms with Crippen LogP contribution in [0.15, 0.2) is 63.7 Å². The van der Waals surface area contributed by atoms with Crippen LogP contribution in [0.1, 0.15) is 19.3 Å². The summed E-state index contributed by atoms with van der Waals surface area (Å²) >= 11 is 0.384. The highest BCUT2D eigenvalue weighted by molar-refractivity contribution is 7.92. The third-order valence-electron chi connectivity index (χ3n) is 6.48. The van der Waals surface area contributed by atoms with Gasteiger partial charge in [0.2, 0.25) is 5.88 Å². The van der Waals surface area contributed by atoms with Crippen LogP contribution in [-0.2, 0) is 10.0 Å². The van der Waals surface area contributed by atoms with Gasteiger partial charge in [-0.3, -0.25) is 4.79 Å². The van der Waals surface area contributed by atoms with E-state index in [0.29, 0.717) is 22.1 Å². The number of sulfonamides is 1. The number of aromatic hydroxyl groups is 1. The van der Waals surface area contributed by atoms with Gasteiger partial charge in [-0.05, 0) is 73.8 Å². The van der Waals surface area contributed by atoms with Crippen LogP contribution in [0, 0.1) is 5.13 Å². The highest BCUT2D eigenvalue weighted by atomic mass is 32.2. The Morgan fingerprint density at radius 2 is 1.82 bits per heavy atom. The number of carbonyl (C=O) groups excluding carboxylic acids is 1. The number of fused-ring (bicyclic) bond motifs is 1. The molecule has 14 heteroatoms. The summed E-state index contributed by atoms with van der Waals surface area (Å²) in [6.45, 7) is 3.94. The molecule has 4 aromatic rings. The maximum absolute atomic E-state index is 13.2. The second kappa shape index (κ2) is 11.6. The lowest BCUT2D eigenvalue weighted by Gasteiger charge is -2.26. The van der Waals surface area contributed by atoms with E-state index >= 15 is 0 Å². The lowest BCUT2D eigenvalue weighted by Crippen LogP contribution is -2.34. The standard InChI is InChI=1S/C26H27FN6O5S2/c27-21-7-9-24(39-21)40(37,38)31-26(36)30-19-5-8-22(29-16-19)33-23(34)15-17-14-18(4-6-20(17)25(33)35)28-10-13-32-11-2-1-3-12-32/h4-9,14-16,28,35H,1-3,10-13H2,(H2,30,31,36). The number of rotatable bonds is 8.